The average molecular weight is 258 g/mol. The van der Waals surface area contributed by atoms with Crippen LogP contribution < -0.4 is 0 Å². The number of rotatable bonds is 4. The molecule has 5 heteroatoms. The Morgan fingerprint density at radius 1 is 1.41 bits per heavy atom. The Kier molecular flexibility index (Phi) is 4.40. The number of aromatic nitrogens is 3. The third-order valence-electron chi connectivity index (χ3n) is 3.20. The van der Waals surface area contributed by atoms with E-state index in [-0.39, 0.29) is 0 Å². The third-order valence-corrected chi connectivity index (χ3v) is 3.48. The molecule has 0 aliphatic carbocycles. The van der Waals surface area contributed by atoms with E-state index in [9.17, 15) is 0 Å². The van der Waals surface area contributed by atoms with Crippen LogP contribution in [0.3, 0.4) is 0 Å². The number of nitrogens with zero attached hydrogens (tertiary/aromatic N) is 3. The van der Waals surface area contributed by atoms with Crippen LogP contribution in [0.25, 0.3) is 0 Å². The molecule has 4 nitrogen and oxygen atoms in total. The van der Waals surface area contributed by atoms with Crippen LogP contribution in [0.1, 0.15) is 51.3 Å². The van der Waals surface area contributed by atoms with Gasteiger partial charge in [-0.05, 0) is 37.3 Å². The van der Waals surface area contributed by atoms with Crippen molar-refractivity contribution in [3.8, 4) is 0 Å². The molecular weight excluding hydrogens is 238 g/mol. The molecule has 0 amide bonds. The molecular formula is C12H20ClN3O. The van der Waals surface area contributed by atoms with Crippen LogP contribution in [-0.2, 0) is 11.3 Å². The molecule has 1 aromatic rings. The van der Waals surface area contributed by atoms with Gasteiger partial charge >= 0.3 is 0 Å². The van der Waals surface area contributed by atoms with E-state index in [1.807, 2.05) is 4.57 Å². The first-order valence-corrected chi connectivity index (χ1v) is 6.76. The fourth-order valence-electron chi connectivity index (χ4n) is 2.24. The highest BCUT2D eigenvalue weighted by Gasteiger charge is 2.17. The van der Waals surface area contributed by atoms with Gasteiger partial charge in [-0.15, -0.1) is 10.2 Å². The molecule has 2 rings (SSSR count). The van der Waals surface area contributed by atoms with E-state index < -0.39 is 0 Å². The molecule has 1 unspecified atom stereocenters. The number of ether oxygens (including phenoxy) is 1. The molecule has 96 valence electrons. The Labute approximate surface area is 107 Å². The summed E-state index contributed by atoms with van der Waals surface area (Å²) < 4.78 is 7.72. The minimum atomic E-state index is 0.349. The zero-order valence-corrected chi connectivity index (χ0v) is 11.3. The highest BCUT2D eigenvalue weighted by atomic mass is 35.5. The Hall–Kier alpha value is -0.610. The van der Waals surface area contributed by atoms with Crippen LogP contribution in [0.4, 0.5) is 0 Å². The summed E-state index contributed by atoms with van der Waals surface area (Å²) in [6, 6.07) is 0. The Morgan fingerprint density at radius 2 is 2.24 bits per heavy atom. The first-order chi connectivity index (χ1) is 8.18. The molecule has 1 aromatic heterocycles. The lowest BCUT2D eigenvalue weighted by Crippen LogP contribution is -2.21. The van der Waals surface area contributed by atoms with E-state index in [1.165, 1.54) is 12.8 Å². The number of hydrogen-bond acceptors (Lipinski definition) is 3. The molecule has 0 N–H and O–H groups in total. The summed E-state index contributed by atoms with van der Waals surface area (Å²) in [5.41, 5.74) is 0. The topological polar surface area (TPSA) is 39.9 Å². The normalized spacial score (nSPS) is 21.1. The molecule has 0 bridgehead atoms. The van der Waals surface area contributed by atoms with Crippen LogP contribution in [-0.4, -0.2) is 27.5 Å². The standard InChI is InChI=1S/C12H20ClN3O/c1-9(2)11-14-15-12(13)16(11)7-6-10-5-3-4-8-17-10/h9-10H,3-8H2,1-2H3. The lowest BCUT2D eigenvalue weighted by atomic mass is 10.1. The molecule has 1 saturated heterocycles. The number of halogens is 1. The van der Waals surface area contributed by atoms with Gasteiger partial charge in [-0.3, -0.25) is 0 Å². The quantitative estimate of drug-likeness (QED) is 0.833. The van der Waals surface area contributed by atoms with Crippen molar-refractivity contribution >= 4 is 11.6 Å². The highest BCUT2D eigenvalue weighted by molar-refractivity contribution is 6.28. The first kappa shape index (κ1) is 12.8. The van der Waals surface area contributed by atoms with Crippen LogP contribution >= 0.6 is 11.6 Å². The van der Waals surface area contributed by atoms with Crippen molar-refractivity contribution in [2.24, 2.45) is 0 Å². The van der Waals surface area contributed by atoms with E-state index in [0.717, 1.165) is 31.8 Å². The largest absolute Gasteiger partial charge is 0.378 e. The van der Waals surface area contributed by atoms with Gasteiger partial charge in [0.05, 0.1) is 6.10 Å². The summed E-state index contributed by atoms with van der Waals surface area (Å²) in [5.74, 6) is 1.31. The zero-order valence-electron chi connectivity index (χ0n) is 10.5. The van der Waals surface area contributed by atoms with Gasteiger partial charge < -0.3 is 9.30 Å². The lowest BCUT2D eigenvalue weighted by molar-refractivity contribution is 0.00867. The van der Waals surface area contributed by atoms with Crippen LogP contribution in [0, 0.1) is 0 Å². The van der Waals surface area contributed by atoms with Crippen LogP contribution in [0.15, 0.2) is 0 Å². The summed E-state index contributed by atoms with van der Waals surface area (Å²) in [7, 11) is 0. The fraction of sp³-hybridized carbons (Fsp3) is 0.833. The van der Waals surface area contributed by atoms with Gasteiger partial charge in [0.15, 0.2) is 0 Å². The summed E-state index contributed by atoms with van der Waals surface area (Å²) in [5, 5.41) is 8.55. The van der Waals surface area contributed by atoms with E-state index in [4.69, 9.17) is 16.3 Å². The molecule has 0 aromatic carbocycles. The molecule has 17 heavy (non-hydrogen) atoms. The second kappa shape index (κ2) is 5.83. The van der Waals surface area contributed by atoms with Crippen LogP contribution in [0.2, 0.25) is 5.28 Å². The van der Waals surface area contributed by atoms with Gasteiger partial charge in [-0.1, -0.05) is 13.8 Å². The van der Waals surface area contributed by atoms with Crippen molar-refractivity contribution in [2.75, 3.05) is 6.61 Å². The smallest absolute Gasteiger partial charge is 0.225 e. The van der Waals surface area contributed by atoms with E-state index >= 15 is 0 Å². The average Bonchev–Trinajstić information content (AvgIpc) is 2.69. The molecule has 1 aliphatic rings. The molecule has 2 heterocycles. The Balaban J connectivity index is 1.95. The monoisotopic (exact) mass is 257 g/mol. The summed E-state index contributed by atoms with van der Waals surface area (Å²) in [4.78, 5) is 0. The molecule has 1 aliphatic heterocycles. The van der Waals surface area contributed by atoms with E-state index in [0.29, 0.717) is 17.3 Å². The molecule has 0 radical (unpaired) electrons. The minimum Gasteiger partial charge on any atom is -0.378 e. The van der Waals surface area contributed by atoms with Crippen LogP contribution in [0.5, 0.6) is 0 Å². The van der Waals surface area contributed by atoms with E-state index in [1.54, 1.807) is 0 Å². The minimum absolute atomic E-state index is 0.349. The highest BCUT2D eigenvalue weighted by Crippen LogP contribution is 2.20. The van der Waals surface area contributed by atoms with Gasteiger partial charge in [-0.2, -0.15) is 0 Å². The summed E-state index contributed by atoms with van der Waals surface area (Å²) in [6.45, 7) is 5.96. The predicted octanol–water partition coefficient (Wildman–Crippen LogP) is 3.01. The predicted molar refractivity (Wildman–Crippen MR) is 67.3 cm³/mol. The van der Waals surface area contributed by atoms with Crippen molar-refractivity contribution in [1.29, 1.82) is 0 Å². The SMILES string of the molecule is CC(C)c1nnc(Cl)n1CCC1CCCCO1. The second-order valence-corrected chi connectivity index (χ2v) is 5.25. The molecule has 1 fully saturated rings. The van der Waals surface area contributed by atoms with Crippen molar-refractivity contribution in [2.45, 2.75) is 58.1 Å². The molecule has 0 spiro atoms. The molecule has 1 atom stereocenters. The van der Waals surface area contributed by atoms with Gasteiger partial charge in [0.1, 0.15) is 5.82 Å². The third kappa shape index (κ3) is 3.19. The molecule has 0 saturated carbocycles. The van der Waals surface area contributed by atoms with Crippen molar-refractivity contribution < 1.29 is 4.74 Å². The van der Waals surface area contributed by atoms with Crippen molar-refractivity contribution in [3.63, 3.8) is 0 Å². The van der Waals surface area contributed by atoms with E-state index in [2.05, 4.69) is 24.0 Å². The van der Waals surface area contributed by atoms with Crippen molar-refractivity contribution in [1.82, 2.24) is 14.8 Å². The summed E-state index contributed by atoms with van der Waals surface area (Å²) >= 11 is 6.06. The lowest BCUT2D eigenvalue weighted by Gasteiger charge is -2.23. The second-order valence-electron chi connectivity index (χ2n) is 4.91. The maximum Gasteiger partial charge on any atom is 0.225 e. The fourth-order valence-corrected chi connectivity index (χ4v) is 2.45. The first-order valence-electron chi connectivity index (χ1n) is 6.38. The van der Waals surface area contributed by atoms with Gasteiger partial charge in [-0.25, -0.2) is 0 Å². The summed E-state index contributed by atoms with van der Waals surface area (Å²) in [6.07, 6.45) is 5.01. The van der Waals surface area contributed by atoms with Crippen molar-refractivity contribution in [3.05, 3.63) is 11.1 Å². The zero-order chi connectivity index (χ0) is 12.3. The number of hydrogen-bond donors (Lipinski definition) is 0. The maximum absolute atomic E-state index is 6.06. The maximum atomic E-state index is 6.06. The van der Waals surface area contributed by atoms with Gasteiger partial charge in [0.2, 0.25) is 5.28 Å². The Morgan fingerprint density at radius 3 is 2.88 bits per heavy atom. The van der Waals surface area contributed by atoms with Gasteiger partial charge in [0, 0.05) is 19.1 Å². The Bertz CT molecular complexity index is 359. The van der Waals surface area contributed by atoms with Gasteiger partial charge in [0.25, 0.3) is 0 Å².